The topological polar surface area (TPSA) is 39.7 Å². The Balaban J connectivity index is 0.00000288. The fraction of sp³-hybridized carbons (Fsp3) is 0.611. The minimum absolute atomic E-state index is 0. The zero-order valence-corrected chi connectivity index (χ0v) is 17.8. The Kier molecular flexibility index (Phi) is 10.7. The van der Waals surface area contributed by atoms with Crippen LogP contribution in [0.15, 0.2) is 29.3 Å². The molecule has 4 nitrogen and oxygen atoms in total. The van der Waals surface area contributed by atoms with Gasteiger partial charge in [-0.2, -0.15) is 0 Å². The molecule has 1 saturated heterocycles. The van der Waals surface area contributed by atoms with Gasteiger partial charge in [-0.25, -0.2) is 0 Å². The van der Waals surface area contributed by atoms with Crippen LogP contribution < -0.4 is 10.6 Å². The maximum absolute atomic E-state index is 6.20. The van der Waals surface area contributed by atoms with Gasteiger partial charge in [0.15, 0.2) is 5.96 Å². The summed E-state index contributed by atoms with van der Waals surface area (Å²) in [7, 11) is 0. The van der Waals surface area contributed by atoms with E-state index >= 15 is 0 Å². The van der Waals surface area contributed by atoms with E-state index in [-0.39, 0.29) is 24.0 Å². The van der Waals surface area contributed by atoms with E-state index in [1.165, 1.54) is 25.1 Å². The van der Waals surface area contributed by atoms with Crippen molar-refractivity contribution < 1.29 is 0 Å². The van der Waals surface area contributed by atoms with E-state index in [9.17, 15) is 0 Å². The molecule has 2 rings (SSSR count). The van der Waals surface area contributed by atoms with Crippen LogP contribution in [0.5, 0.6) is 0 Å². The van der Waals surface area contributed by atoms with Gasteiger partial charge in [0.25, 0.3) is 0 Å². The molecule has 0 aliphatic carbocycles. The van der Waals surface area contributed by atoms with Gasteiger partial charge in [0.05, 0.1) is 0 Å². The second-order valence-electron chi connectivity index (χ2n) is 6.04. The van der Waals surface area contributed by atoms with Crippen molar-refractivity contribution in [2.45, 2.75) is 26.7 Å². The Morgan fingerprint density at radius 3 is 2.75 bits per heavy atom. The Bertz CT molecular complexity index is 510. The summed E-state index contributed by atoms with van der Waals surface area (Å²) in [5.74, 6) is 1.60. The summed E-state index contributed by atoms with van der Waals surface area (Å²) in [5.41, 5.74) is 1.17. The summed E-state index contributed by atoms with van der Waals surface area (Å²) in [4.78, 5) is 7.25. The monoisotopic (exact) mass is 464 g/mol. The maximum Gasteiger partial charge on any atom is 0.191 e. The average Bonchev–Trinajstić information content (AvgIpc) is 3.02. The number of aliphatic imine (C=N–C) groups is 1. The summed E-state index contributed by atoms with van der Waals surface area (Å²) >= 11 is 6.20. The molecule has 1 fully saturated rings. The van der Waals surface area contributed by atoms with Crippen LogP contribution in [0, 0.1) is 5.92 Å². The second kappa shape index (κ2) is 11.9. The molecule has 2 N–H and O–H groups in total. The molecule has 0 spiro atoms. The lowest BCUT2D eigenvalue weighted by Crippen LogP contribution is -2.38. The molecule has 1 unspecified atom stereocenters. The summed E-state index contributed by atoms with van der Waals surface area (Å²) in [5, 5.41) is 7.57. The zero-order chi connectivity index (χ0) is 16.5. The lowest BCUT2D eigenvalue weighted by molar-refractivity contribution is 0.343. The SMILES string of the molecule is CCNC(=NCC1CCN(CC)C1)NCCc1ccccc1Cl.I. The van der Waals surface area contributed by atoms with Crippen LogP contribution in [0.4, 0.5) is 0 Å². The number of rotatable bonds is 7. The highest BCUT2D eigenvalue weighted by Gasteiger charge is 2.20. The predicted molar refractivity (Wildman–Crippen MR) is 115 cm³/mol. The number of nitrogens with zero attached hydrogens (tertiary/aromatic N) is 2. The average molecular weight is 465 g/mol. The molecule has 6 heteroatoms. The molecule has 1 aliphatic rings. The summed E-state index contributed by atoms with van der Waals surface area (Å²) in [6, 6.07) is 8.01. The molecule has 1 aromatic carbocycles. The fourth-order valence-electron chi connectivity index (χ4n) is 2.93. The second-order valence-corrected chi connectivity index (χ2v) is 6.44. The van der Waals surface area contributed by atoms with Gasteiger partial charge in [0, 0.05) is 31.2 Å². The molecule has 0 aromatic heterocycles. The van der Waals surface area contributed by atoms with E-state index < -0.39 is 0 Å². The first-order valence-corrected chi connectivity index (χ1v) is 9.08. The van der Waals surface area contributed by atoms with Gasteiger partial charge in [0.2, 0.25) is 0 Å². The highest BCUT2D eigenvalue weighted by molar-refractivity contribution is 14.0. The standard InChI is InChI=1S/C18H29ClN4.HI/c1-3-20-18(22-13-15-10-12-23(4-2)14-15)21-11-9-16-7-5-6-8-17(16)19;/h5-8,15H,3-4,9-14H2,1-2H3,(H2,20,21,22);1H. The van der Waals surface area contributed by atoms with Gasteiger partial charge in [-0.05, 0) is 50.4 Å². The summed E-state index contributed by atoms with van der Waals surface area (Å²) in [6.45, 7) is 10.5. The third-order valence-corrected chi connectivity index (χ3v) is 4.68. The van der Waals surface area contributed by atoms with Crippen molar-refractivity contribution in [2.75, 3.05) is 39.3 Å². The lowest BCUT2D eigenvalue weighted by atomic mass is 10.1. The molecule has 136 valence electrons. The van der Waals surface area contributed by atoms with Gasteiger partial charge < -0.3 is 15.5 Å². The van der Waals surface area contributed by atoms with Gasteiger partial charge >= 0.3 is 0 Å². The molecule has 0 amide bonds. The highest BCUT2D eigenvalue weighted by atomic mass is 127. The minimum atomic E-state index is 0. The Morgan fingerprint density at radius 2 is 2.08 bits per heavy atom. The number of hydrogen-bond donors (Lipinski definition) is 2. The third-order valence-electron chi connectivity index (χ3n) is 4.31. The highest BCUT2D eigenvalue weighted by Crippen LogP contribution is 2.16. The van der Waals surface area contributed by atoms with Crippen LogP contribution in [-0.4, -0.2) is 50.1 Å². The Morgan fingerprint density at radius 1 is 1.29 bits per heavy atom. The Labute approximate surface area is 168 Å². The van der Waals surface area contributed by atoms with Crippen LogP contribution in [0.1, 0.15) is 25.8 Å². The van der Waals surface area contributed by atoms with Gasteiger partial charge in [-0.3, -0.25) is 4.99 Å². The molecular formula is C18H30ClIN4. The van der Waals surface area contributed by atoms with Crippen molar-refractivity contribution in [1.82, 2.24) is 15.5 Å². The summed E-state index contributed by atoms with van der Waals surface area (Å²) < 4.78 is 0. The zero-order valence-electron chi connectivity index (χ0n) is 14.7. The first kappa shape index (κ1) is 21.5. The molecular weight excluding hydrogens is 435 g/mol. The van der Waals surface area contributed by atoms with Crippen molar-refractivity contribution >= 4 is 41.5 Å². The number of guanidine groups is 1. The van der Waals surface area contributed by atoms with E-state index in [4.69, 9.17) is 16.6 Å². The van der Waals surface area contributed by atoms with E-state index in [2.05, 4.69) is 35.4 Å². The molecule has 1 aromatic rings. The molecule has 1 heterocycles. The van der Waals surface area contributed by atoms with Crippen molar-refractivity contribution in [1.29, 1.82) is 0 Å². The molecule has 24 heavy (non-hydrogen) atoms. The van der Waals surface area contributed by atoms with Crippen molar-refractivity contribution in [3.8, 4) is 0 Å². The van der Waals surface area contributed by atoms with Crippen LogP contribution >= 0.6 is 35.6 Å². The van der Waals surface area contributed by atoms with E-state index in [1.54, 1.807) is 0 Å². The Hall–Kier alpha value is -0.530. The lowest BCUT2D eigenvalue weighted by Gasteiger charge is -2.14. The largest absolute Gasteiger partial charge is 0.357 e. The third kappa shape index (κ3) is 7.15. The van der Waals surface area contributed by atoms with Crippen LogP contribution in [0.3, 0.4) is 0 Å². The minimum Gasteiger partial charge on any atom is -0.357 e. The maximum atomic E-state index is 6.20. The number of hydrogen-bond acceptors (Lipinski definition) is 2. The first-order chi connectivity index (χ1) is 11.2. The van der Waals surface area contributed by atoms with Crippen molar-refractivity contribution in [3.05, 3.63) is 34.9 Å². The number of nitrogens with one attached hydrogen (secondary N) is 2. The first-order valence-electron chi connectivity index (χ1n) is 8.70. The molecule has 0 saturated carbocycles. The molecule has 0 bridgehead atoms. The van der Waals surface area contributed by atoms with Crippen LogP contribution in [-0.2, 0) is 6.42 Å². The molecule has 0 radical (unpaired) electrons. The number of benzene rings is 1. The van der Waals surface area contributed by atoms with Crippen molar-refractivity contribution in [3.63, 3.8) is 0 Å². The summed E-state index contributed by atoms with van der Waals surface area (Å²) in [6.07, 6.45) is 2.16. The van der Waals surface area contributed by atoms with Gasteiger partial charge in [-0.1, -0.05) is 36.7 Å². The quantitative estimate of drug-likeness (QED) is 0.369. The normalized spacial score (nSPS) is 18.3. The molecule has 1 aliphatic heterocycles. The van der Waals surface area contributed by atoms with E-state index in [0.29, 0.717) is 5.92 Å². The van der Waals surface area contributed by atoms with Crippen LogP contribution in [0.25, 0.3) is 0 Å². The predicted octanol–water partition coefficient (Wildman–Crippen LogP) is 3.40. The smallest absolute Gasteiger partial charge is 0.191 e. The van der Waals surface area contributed by atoms with E-state index in [1.807, 2.05) is 18.2 Å². The van der Waals surface area contributed by atoms with E-state index in [0.717, 1.165) is 43.6 Å². The number of likely N-dealkylation sites (tertiary alicyclic amines) is 1. The number of halogens is 2. The van der Waals surface area contributed by atoms with Gasteiger partial charge in [0.1, 0.15) is 0 Å². The van der Waals surface area contributed by atoms with Crippen molar-refractivity contribution in [2.24, 2.45) is 10.9 Å². The van der Waals surface area contributed by atoms with Crippen LogP contribution in [0.2, 0.25) is 5.02 Å². The molecule has 1 atom stereocenters. The van der Waals surface area contributed by atoms with Gasteiger partial charge in [-0.15, -0.1) is 24.0 Å². The fourth-order valence-corrected chi connectivity index (χ4v) is 3.16.